The summed E-state index contributed by atoms with van der Waals surface area (Å²) in [6, 6.07) is 9.89. The van der Waals surface area contributed by atoms with E-state index in [1.165, 1.54) is 12.3 Å². The van der Waals surface area contributed by atoms with Gasteiger partial charge in [-0.3, -0.25) is 14.7 Å². The molecule has 1 unspecified atom stereocenters. The first-order chi connectivity index (χ1) is 14.1. The molecule has 0 radical (unpaired) electrons. The van der Waals surface area contributed by atoms with Gasteiger partial charge in [-0.05, 0) is 36.8 Å². The fraction of sp³-hybridized carbons (Fsp3) is 0.333. The summed E-state index contributed by atoms with van der Waals surface area (Å²) < 4.78 is 15.5. The maximum atomic E-state index is 13.5. The van der Waals surface area contributed by atoms with Crippen molar-refractivity contribution in [1.82, 2.24) is 30.0 Å². The van der Waals surface area contributed by atoms with Crippen LogP contribution in [0.1, 0.15) is 40.5 Å². The lowest BCUT2D eigenvalue weighted by Gasteiger charge is -2.20. The molecule has 1 atom stereocenters. The Bertz CT molecular complexity index is 990. The van der Waals surface area contributed by atoms with Crippen LogP contribution in [0.2, 0.25) is 0 Å². The lowest BCUT2D eigenvalue weighted by Crippen LogP contribution is -2.30. The average Bonchev–Trinajstić information content (AvgIpc) is 3.03. The van der Waals surface area contributed by atoms with Crippen LogP contribution >= 0.6 is 0 Å². The van der Waals surface area contributed by atoms with Gasteiger partial charge in [0, 0.05) is 45.0 Å². The molecule has 3 aromatic rings. The number of hydrogen-bond donors (Lipinski definition) is 1. The van der Waals surface area contributed by atoms with E-state index in [0.717, 1.165) is 43.3 Å². The van der Waals surface area contributed by atoms with Crippen LogP contribution in [0.5, 0.6) is 0 Å². The Hall–Kier alpha value is -3.13. The smallest absolute Gasteiger partial charge is 0.253 e. The highest BCUT2D eigenvalue weighted by atomic mass is 19.1. The van der Waals surface area contributed by atoms with Crippen molar-refractivity contribution in [2.45, 2.75) is 32.5 Å². The lowest BCUT2D eigenvalue weighted by molar-refractivity contribution is 0.0937. The summed E-state index contributed by atoms with van der Waals surface area (Å²) in [7, 11) is 0. The summed E-state index contributed by atoms with van der Waals surface area (Å²) >= 11 is 0. The second-order valence-electron chi connectivity index (χ2n) is 7.22. The third-order valence-corrected chi connectivity index (χ3v) is 5.10. The topological polar surface area (TPSA) is 75.9 Å². The standard InChI is InChI=1S/C21H23FN6O/c1-15(24-21(29)17-5-3-8-23-13-17)20-26-25-19-7-9-27(10-11-28(19)20)14-16-4-2-6-18(22)12-16/h2-6,8,12-13,15H,7,9-11,14H2,1H3,(H,24,29). The van der Waals surface area contributed by atoms with Gasteiger partial charge in [0.1, 0.15) is 11.6 Å². The molecule has 150 valence electrons. The number of carbonyl (C=O) groups is 1. The zero-order valence-electron chi connectivity index (χ0n) is 16.3. The van der Waals surface area contributed by atoms with Crippen molar-refractivity contribution in [3.05, 3.63) is 77.4 Å². The maximum absolute atomic E-state index is 13.5. The van der Waals surface area contributed by atoms with Gasteiger partial charge in [0.25, 0.3) is 5.91 Å². The van der Waals surface area contributed by atoms with Gasteiger partial charge in [-0.1, -0.05) is 12.1 Å². The Morgan fingerprint density at radius 2 is 2.10 bits per heavy atom. The van der Waals surface area contributed by atoms with E-state index in [9.17, 15) is 9.18 Å². The van der Waals surface area contributed by atoms with Crippen molar-refractivity contribution in [3.8, 4) is 0 Å². The summed E-state index contributed by atoms with van der Waals surface area (Å²) in [5, 5.41) is 11.6. The van der Waals surface area contributed by atoms with Crippen LogP contribution in [0.25, 0.3) is 0 Å². The molecule has 3 heterocycles. The third kappa shape index (κ3) is 4.48. The molecule has 2 aromatic heterocycles. The minimum absolute atomic E-state index is 0.190. The molecular weight excluding hydrogens is 371 g/mol. The van der Waals surface area contributed by atoms with Crippen molar-refractivity contribution in [3.63, 3.8) is 0 Å². The van der Waals surface area contributed by atoms with Gasteiger partial charge >= 0.3 is 0 Å². The van der Waals surface area contributed by atoms with Crippen LogP contribution in [0.4, 0.5) is 4.39 Å². The zero-order chi connectivity index (χ0) is 20.2. The SMILES string of the molecule is CC(NC(=O)c1cccnc1)c1nnc2n1CCN(Cc1cccc(F)c1)CC2. The van der Waals surface area contributed by atoms with Crippen LogP contribution in [-0.4, -0.2) is 43.6 Å². The molecule has 0 saturated carbocycles. The molecule has 7 nitrogen and oxygen atoms in total. The molecule has 0 bridgehead atoms. The van der Waals surface area contributed by atoms with E-state index in [1.54, 1.807) is 30.5 Å². The van der Waals surface area contributed by atoms with Gasteiger partial charge in [0.05, 0.1) is 11.6 Å². The van der Waals surface area contributed by atoms with Gasteiger partial charge in [0.15, 0.2) is 5.82 Å². The number of nitrogens with one attached hydrogen (secondary N) is 1. The molecule has 1 aromatic carbocycles. The lowest BCUT2D eigenvalue weighted by atomic mass is 10.2. The number of aromatic nitrogens is 4. The number of fused-ring (bicyclic) bond motifs is 1. The highest BCUT2D eigenvalue weighted by molar-refractivity contribution is 5.93. The second-order valence-corrected chi connectivity index (χ2v) is 7.22. The van der Waals surface area contributed by atoms with Crippen LogP contribution in [0.3, 0.4) is 0 Å². The highest BCUT2D eigenvalue weighted by Crippen LogP contribution is 2.17. The molecule has 0 fully saturated rings. The van der Waals surface area contributed by atoms with Crippen LogP contribution < -0.4 is 5.32 Å². The Morgan fingerprint density at radius 3 is 2.90 bits per heavy atom. The van der Waals surface area contributed by atoms with Crippen molar-refractivity contribution < 1.29 is 9.18 Å². The van der Waals surface area contributed by atoms with Crippen molar-refractivity contribution in [2.24, 2.45) is 0 Å². The average molecular weight is 394 g/mol. The monoisotopic (exact) mass is 394 g/mol. The van der Waals surface area contributed by atoms with E-state index in [4.69, 9.17) is 0 Å². The fourth-order valence-corrected chi connectivity index (χ4v) is 3.60. The number of halogens is 1. The molecule has 4 rings (SSSR count). The summed E-state index contributed by atoms with van der Waals surface area (Å²) in [5.74, 6) is 1.24. The van der Waals surface area contributed by atoms with Crippen molar-refractivity contribution >= 4 is 5.91 Å². The van der Waals surface area contributed by atoms with Crippen LogP contribution in [-0.2, 0) is 19.5 Å². The molecule has 0 aliphatic carbocycles. The minimum atomic E-state index is -0.279. The predicted octanol–water partition coefficient (Wildman–Crippen LogP) is 2.36. The first-order valence-electron chi connectivity index (χ1n) is 9.70. The summed E-state index contributed by atoms with van der Waals surface area (Å²) in [6.07, 6.45) is 3.93. The van der Waals surface area contributed by atoms with E-state index in [0.29, 0.717) is 12.1 Å². The van der Waals surface area contributed by atoms with Crippen molar-refractivity contribution in [2.75, 3.05) is 13.1 Å². The normalized spacial score (nSPS) is 15.4. The number of nitrogens with zero attached hydrogens (tertiary/aromatic N) is 5. The number of pyridine rings is 1. The van der Waals surface area contributed by atoms with Gasteiger partial charge in [-0.2, -0.15) is 0 Å². The Morgan fingerprint density at radius 1 is 1.21 bits per heavy atom. The molecule has 1 aliphatic heterocycles. The Labute approximate surface area is 168 Å². The van der Waals surface area contributed by atoms with Gasteiger partial charge in [-0.25, -0.2) is 4.39 Å². The van der Waals surface area contributed by atoms with E-state index >= 15 is 0 Å². The first-order valence-corrected chi connectivity index (χ1v) is 9.70. The molecule has 0 spiro atoms. The molecule has 8 heteroatoms. The van der Waals surface area contributed by atoms with Crippen LogP contribution in [0, 0.1) is 5.82 Å². The first kappa shape index (κ1) is 19.2. The summed E-state index contributed by atoms with van der Waals surface area (Å²) in [5.41, 5.74) is 1.47. The molecule has 1 amide bonds. The number of amides is 1. The van der Waals surface area contributed by atoms with Gasteiger partial charge < -0.3 is 9.88 Å². The van der Waals surface area contributed by atoms with Gasteiger partial charge in [0.2, 0.25) is 0 Å². The Kier molecular flexibility index (Phi) is 5.62. The quantitative estimate of drug-likeness (QED) is 0.719. The molecule has 0 saturated heterocycles. The summed E-state index contributed by atoms with van der Waals surface area (Å²) in [6.45, 7) is 4.95. The maximum Gasteiger partial charge on any atom is 0.253 e. The summed E-state index contributed by atoms with van der Waals surface area (Å²) in [4.78, 5) is 18.7. The van der Waals surface area contributed by atoms with Crippen molar-refractivity contribution in [1.29, 1.82) is 0 Å². The predicted molar refractivity (Wildman–Crippen MR) is 106 cm³/mol. The number of benzene rings is 1. The van der Waals surface area contributed by atoms with E-state index in [1.807, 2.05) is 13.0 Å². The van der Waals surface area contributed by atoms with E-state index in [-0.39, 0.29) is 17.8 Å². The molecule has 1 N–H and O–H groups in total. The second kappa shape index (κ2) is 8.48. The fourth-order valence-electron chi connectivity index (χ4n) is 3.60. The largest absolute Gasteiger partial charge is 0.342 e. The molecule has 1 aliphatic rings. The number of rotatable bonds is 5. The Balaban J connectivity index is 1.42. The third-order valence-electron chi connectivity index (χ3n) is 5.10. The van der Waals surface area contributed by atoms with Gasteiger partial charge in [-0.15, -0.1) is 10.2 Å². The van der Waals surface area contributed by atoms with E-state index in [2.05, 4.69) is 30.0 Å². The van der Waals surface area contributed by atoms with Crippen LogP contribution in [0.15, 0.2) is 48.8 Å². The zero-order valence-corrected chi connectivity index (χ0v) is 16.3. The number of carbonyl (C=O) groups excluding carboxylic acids is 1. The number of hydrogen-bond acceptors (Lipinski definition) is 5. The minimum Gasteiger partial charge on any atom is -0.342 e. The molecule has 29 heavy (non-hydrogen) atoms. The van der Waals surface area contributed by atoms with E-state index < -0.39 is 0 Å². The molecular formula is C21H23FN6O. The highest BCUT2D eigenvalue weighted by Gasteiger charge is 2.23.